The molecule has 0 heterocycles. The molecule has 0 spiro atoms. The summed E-state index contributed by atoms with van der Waals surface area (Å²) in [7, 11) is 0. The lowest BCUT2D eigenvalue weighted by Gasteiger charge is -2.08. The van der Waals surface area contributed by atoms with Gasteiger partial charge in [0, 0.05) is 11.8 Å². The Bertz CT molecular complexity index is 581. The number of aromatic carboxylic acids is 1. The number of carboxylic acids is 1. The maximum absolute atomic E-state index is 13.6. The number of nitrogens with one attached hydrogen (secondary N) is 1. The van der Waals surface area contributed by atoms with Gasteiger partial charge in [0.2, 0.25) is 0 Å². The van der Waals surface area contributed by atoms with Gasteiger partial charge in [-0.25, -0.2) is 9.18 Å². The number of hydrogen-bond donors (Lipinski definition) is 3. The number of carbonyl (C=O) groups is 2. The molecule has 6 nitrogen and oxygen atoms in total. The molecule has 100 valence electrons. The molecule has 0 fully saturated rings. The fourth-order valence-electron chi connectivity index (χ4n) is 1.18. The molecule has 0 radical (unpaired) electrons. The van der Waals surface area contributed by atoms with Crippen LogP contribution in [0.3, 0.4) is 0 Å². The molecule has 7 heteroatoms. The molecule has 0 aliphatic rings. The predicted octanol–water partition coefficient (Wildman–Crippen LogP) is 1.31. The van der Waals surface area contributed by atoms with Gasteiger partial charge in [0.1, 0.15) is 0 Å². The SMILES string of the molecule is CC(=N)/C=C(/Oc1ccc(C(=O)O)cc1F)C(N)=O. The van der Waals surface area contributed by atoms with E-state index in [2.05, 4.69) is 0 Å². The van der Waals surface area contributed by atoms with Crippen molar-refractivity contribution in [3.05, 3.63) is 41.4 Å². The molecule has 0 unspecified atom stereocenters. The van der Waals surface area contributed by atoms with Crippen molar-refractivity contribution in [2.45, 2.75) is 6.92 Å². The molecule has 0 bridgehead atoms. The number of amides is 1. The van der Waals surface area contributed by atoms with E-state index in [0.717, 1.165) is 24.3 Å². The van der Waals surface area contributed by atoms with Gasteiger partial charge in [0.25, 0.3) is 5.91 Å². The van der Waals surface area contributed by atoms with Crippen LogP contribution in [-0.2, 0) is 4.79 Å². The van der Waals surface area contributed by atoms with Gasteiger partial charge in [0.05, 0.1) is 5.56 Å². The van der Waals surface area contributed by atoms with Gasteiger partial charge in [-0.1, -0.05) is 0 Å². The Morgan fingerprint density at radius 3 is 2.53 bits per heavy atom. The van der Waals surface area contributed by atoms with E-state index in [1.54, 1.807) is 0 Å². The fraction of sp³-hybridized carbons (Fsp3) is 0.0833. The number of hydrogen-bond acceptors (Lipinski definition) is 4. The van der Waals surface area contributed by atoms with Gasteiger partial charge in [-0.15, -0.1) is 0 Å². The summed E-state index contributed by atoms with van der Waals surface area (Å²) in [5.41, 5.74) is 4.76. The van der Waals surface area contributed by atoms with Gasteiger partial charge in [-0.3, -0.25) is 4.79 Å². The van der Waals surface area contributed by atoms with Crippen LogP contribution in [0, 0.1) is 11.2 Å². The zero-order valence-electron chi connectivity index (χ0n) is 9.94. The van der Waals surface area contributed by atoms with Crippen molar-refractivity contribution in [2.75, 3.05) is 0 Å². The second kappa shape index (κ2) is 5.76. The molecule has 0 aliphatic carbocycles. The molecule has 0 saturated heterocycles. The molecule has 4 N–H and O–H groups in total. The van der Waals surface area contributed by atoms with Crippen molar-refractivity contribution in [2.24, 2.45) is 5.73 Å². The van der Waals surface area contributed by atoms with E-state index in [1.165, 1.54) is 6.92 Å². The molecule has 1 amide bonds. The van der Waals surface area contributed by atoms with Crippen molar-refractivity contribution >= 4 is 17.6 Å². The van der Waals surface area contributed by atoms with Crippen LogP contribution >= 0.6 is 0 Å². The first-order valence-electron chi connectivity index (χ1n) is 5.08. The average Bonchev–Trinajstić information content (AvgIpc) is 2.29. The zero-order valence-corrected chi connectivity index (χ0v) is 9.94. The Kier molecular flexibility index (Phi) is 4.36. The van der Waals surface area contributed by atoms with E-state index in [-0.39, 0.29) is 17.0 Å². The molecule has 1 aromatic carbocycles. The minimum Gasteiger partial charge on any atom is -0.478 e. The molecular weight excluding hydrogens is 255 g/mol. The highest BCUT2D eigenvalue weighted by Gasteiger charge is 2.14. The second-order valence-corrected chi connectivity index (χ2v) is 3.61. The summed E-state index contributed by atoms with van der Waals surface area (Å²) in [5, 5.41) is 15.9. The number of ether oxygens (including phenoxy) is 1. The van der Waals surface area contributed by atoms with E-state index in [9.17, 15) is 14.0 Å². The summed E-state index contributed by atoms with van der Waals surface area (Å²) in [6.07, 6.45) is 1.03. The molecule has 0 aliphatic heterocycles. The Labute approximate surface area is 107 Å². The van der Waals surface area contributed by atoms with Crippen LogP contribution in [0.25, 0.3) is 0 Å². The predicted molar refractivity (Wildman–Crippen MR) is 64.7 cm³/mol. The number of nitrogens with two attached hydrogens (primary N) is 1. The summed E-state index contributed by atoms with van der Waals surface area (Å²) in [6.45, 7) is 1.39. The van der Waals surface area contributed by atoms with Gasteiger partial charge in [-0.2, -0.15) is 0 Å². The molecule has 1 rings (SSSR count). The Morgan fingerprint density at radius 2 is 2.11 bits per heavy atom. The molecular formula is C12H11FN2O4. The number of halogens is 1. The van der Waals surface area contributed by atoms with Crippen molar-refractivity contribution in [3.63, 3.8) is 0 Å². The lowest BCUT2D eigenvalue weighted by Crippen LogP contribution is -2.19. The first-order valence-corrected chi connectivity index (χ1v) is 5.08. The lowest BCUT2D eigenvalue weighted by atomic mass is 10.2. The third-order valence-electron chi connectivity index (χ3n) is 1.99. The monoisotopic (exact) mass is 266 g/mol. The molecule has 0 atom stereocenters. The average molecular weight is 266 g/mol. The quantitative estimate of drug-likeness (QED) is 0.423. The maximum Gasteiger partial charge on any atom is 0.335 e. The Hall–Kier alpha value is -2.70. The largest absolute Gasteiger partial charge is 0.478 e. The molecule has 1 aromatic rings. The van der Waals surface area contributed by atoms with Crippen LogP contribution < -0.4 is 10.5 Å². The summed E-state index contributed by atoms with van der Waals surface area (Å²) in [4.78, 5) is 21.7. The summed E-state index contributed by atoms with van der Waals surface area (Å²) >= 11 is 0. The minimum absolute atomic E-state index is 0.00337. The van der Waals surface area contributed by atoms with Crippen LogP contribution in [0.4, 0.5) is 4.39 Å². The van der Waals surface area contributed by atoms with Gasteiger partial charge in [0.15, 0.2) is 17.3 Å². The van der Waals surface area contributed by atoms with Gasteiger partial charge < -0.3 is 21.0 Å². The number of primary amides is 1. The highest BCUT2D eigenvalue weighted by molar-refractivity contribution is 6.00. The van der Waals surface area contributed by atoms with Crippen molar-refractivity contribution in [1.29, 1.82) is 5.41 Å². The molecule has 19 heavy (non-hydrogen) atoms. The lowest BCUT2D eigenvalue weighted by molar-refractivity contribution is -0.116. The topological polar surface area (TPSA) is 113 Å². The second-order valence-electron chi connectivity index (χ2n) is 3.61. The van der Waals surface area contributed by atoms with Crippen molar-refractivity contribution < 1.29 is 23.8 Å². The first kappa shape index (κ1) is 14.4. The van der Waals surface area contributed by atoms with Gasteiger partial charge >= 0.3 is 5.97 Å². The number of carbonyl (C=O) groups excluding carboxylic acids is 1. The van der Waals surface area contributed by atoms with E-state index < -0.39 is 23.5 Å². The highest BCUT2D eigenvalue weighted by atomic mass is 19.1. The van der Waals surface area contributed by atoms with Crippen LogP contribution in [-0.4, -0.2) is 22.7 Å². The van der Waals surface area contributed by atoms with Gasteiger partial charge in [-0.05, 0) is 25.1 Å². The van der Waals surface area contributed by atoms with E-state index in [1.807, 2.05) is 0 Å². The molecule has 0 saturated carbocycles. The summed E-state index contributed by atoms with van der Waals surface area (Å²) in [6, 6.07) is 2.94. The first-order chi connectivity index (χ1) is 8.81. The van der Waals surface area contributed by atoms with Crippen LogP contribution in [0.5, 0.6) is 5.75 Å². The smallest absolute Gasteiger partial charge is 0.335 e. The van der Waals surface area contributed by atoms with E-state index >= 15 is 0 Å². The zero-order chi connectivity index (χ0) is 14.6. The van der Waals surface area contributed by atoms with E-state index in [4.69, 9.17) is 21.0 Å². The number of allylic oxidation sites excluding steroid dienone is 1. The summed E-state index contributed by atoms with van der Waals surface area (Å²) in [5.74, 6) is -3.96. The maximum atomic E-state index is 13.6. The fourth-order valence-corrected chi connectivity index (χ4v) is 1.18. The third kappa shape index (κ3) is 3.91. The van der Waals surface area contributed by atoms with Crippen LogP contribution in [0.1, 0.15) is 17.3 Å². The van der Waals surface area contributed by atoms with Crippen LogP contribution in [0.2, 0.25) is 0 Å². The number of carboxylic acid groups (broad SMARTS) is 1. The summed E-state index contributed by atoms with van der Waals surface area (Å²) < 4.78 is 18.5. The van der Waals surface area contributed by atoms with Crippen molar-refractivity contribution in [1.82, 2.24) is 0 Å². The number of benzene rings is 1. The Morgan fingerprint density at radius 1 is 1.47 bits per heavy atom. The standard InChI is InChI=1S/C12H11FN2O4/c1-6(14)4-10(11(15)16)19-9-3-2-7(12(17)18)5-8(9)13/h2-5,14H,1H3,(H2,15,16)(H,17,18)/b10-4+,14-6?. The highest BCUT2D eigenvalue weighted by Crippen LogP contribution is 2.20. The Balaban J connectivity index is 3.08. The number of rotatable bonds is 5. The van der Waals surface area contributed by atoms with Crippen LogP contribution in [0.15, 0.2) is 30.0 Å². The minimum atomic E-state index is -1.29. The van der Waals surface area contributed by atoms with Crippen molar-refractivity contribution in [3.8, 4) is 5.75 Å². The third-order valence-corrected chi connectivity index (χ3v) is 1.99. The normalized spacial score (nSPS) is 10.9. The van der Waals surface area contributed by atoms with E-state index in [0.29, 0.717) is 0 Å². The molecule has 0 aromatic heterocycles.